The number of hydrogen-bond donors (Lipinski definition) is 3. The third-order valence-electron chi connectivity index (χ3n) is 6.44. The second-order valence-electron chi connectivity index (χ2n) is 8.33. The van der Waals surface area contributed by atoms with E-state index in [1.807, 2.05) is 42.5 Å². The molecule has 32 heavy (non-hydrogen) atoms. The number of carbonyl (C=O) groups is 1. The van der Waals surface area contributed by atoms with Crippen molar-refractivity contribution >= 4 is 34.4 Å². The van der Waals surface area contributed by atoms with Gasteiger partial charge in [0.15, 0.2) is 5.82 Å². The SMILES string of the molecule is CCN(CC)Cc1cc(C2(O)CCN(C(=O)Nc3n[nH]c4ccccc34)CC2)ccc1Cl. The van der Waals surface area contributed by atoms with Crippen LogP contribution >= 0.6 is 11.6 Å². The van der Waals surface area contributed by atoms with E-state index < -0.39 is 5.60 Å². The maximum Gasteiger partial charge on any atom is 0.323 e. The third-order valence-corrected chi connectivity index (χ3v) is 6.81. The summed E-state index contributed by atoms with van der Waals surface area (Å²) in [4.78, 5) is 16.8. The van der Waals surface area contributed by atoms with E-state index in [1.165, 1.54) is 0 Å². The minimum atomic E-state index is -0.974. The summed E-state index contributed by atoms with van der Waals surface area (Å²) in [5, 5.41) is 23.0. The number of nitrogens with one attached hydrogen (secondary N) is 2. The number of halogens is 1. The first-order valence-electron chi connectivity index (χ1n) is 11.2. The van der Waals surface area contributed by atoms with Crippen LogP contribution in [0.25, 0.3) is 10.9 Å². The summed E-state index contributed by atoms with van der Waals surface area (Å²) in [5.41, 5.74) is 1.78. The van der Waals surface area contributed by atoms with Crippen molar-refractivity contribution in [2.24, 2.45) is 0 Å². The molecule has 0 spiro atoms. The molecular formula is C24H30ClN5O2. The molecule has 7 nitrogen and oxygen atoms in total. The molecule has 1 aliphatic rings. The maximum atomic E-state index is 12.8. The van der Waals surface area contributed by atoms with E-state index in [2.05, 4.69) is 34.3 Å². The number of urea groups is 1. The molecule has 0 aliphatic carbocycles. The minimum absolute atomic E-state index is 0.206. The zero-order valence-corrected chi connectivity index (χ0v) is 19.3. The number of carbonyl (C=O) groups excluding carboxylic acids is 1. The summed E-state index contributed by atoms with van der Waals surface area (Å²) < 4.78 is 0. The van der Waals surface area contributed by atoms with Crippen molar-refractivity contribution in [2.75, 3.05) is 31.5 Å². The minimum Gasteiger partial charge on any atom is -0.385 e. The lowest BCUT2D eigenvalue weighted by molar-refractivity contribution is -0.0157. The summed E-state index contributed by atoms with van der Waals surface area (Å²) in [6.07, 6.45) is 0.933. The molecule has 4 rings (SSSR count). The monoisotopic (exact) mass is 455 g/mol. The number of piperidine rings is 1. The molecule has 170 valence electrons. The van der Waals surface area contributed by atoms with Gasteiger partial charge in [-0.05, 0) is 55.3 Å². The first kappa shape index (κ1) is 22.6. The Morgan fingerprint density at radius 2 is 1.94 bits per heavy atom. The number of para-hydroxylation sites is 1. The lowest BCUT2D eigenvalue weighted by atomic mass is 9.84. The molecule has 0 atom stereocenters. The normalized spacial score (nSPS) is 16.0. The standard InChI is InChI=1S/C24H30ClN5O2/c1-3-29(4-2)16-17-15-18(9-10-20(17)25)24(32)11-13-30(14-12-24)23(31)26-22-19-7-5-6-8-21(19)27-28-22/h5-10,15,32H,3-4,11-14,16H2,1-2H3,(H2,26,27,28,31). The molecular weight excluding hydrogens is 426 g/mol. The molecule has 8 heteroatoms. The predicted molar refractivity (Wildman–Crippen MR) is 128 cm³/mol. The fourth-order valence-corrected chi connectivity index (χ4v) is 4.46. The maximum absolute atomic E-state index is 12.8. The number of H-pyrrole nitrogens is 1. The first-order valence-corrected chi connectivity index (χ1v) is 11.5. The molecule has 0 unspecified atom stereocenters. The summed E-state index contributed by atoms with van der Waals surface area (Å²) in [5.74, 6) is 0.519. The number of benzene rings is 2. The number of amides is 2. The number of aromatic amines is 1. The quantitative estimate of drug-likeness (QED) is 0.508. The number of hydrogen-bond acceptors (Lipinski definition) is 4. The molecule has 0 saturated carbocycles. The van der Waals surface area contributed by atoms with Crippen LogP contribution in [0.2, 0.25) is 5.02 Å². The van der Waals surface area contributed by atoms with Crippen molar-refractivity contribution in [3.8, 4) is 0 Å². The molecule has 1 saturated heterocycles. The van der Waals surface area contributed by atoms with E-state index in [4.69, 9.17) is 11.6 Å². The van der Waals surface area contributed by atoms with Crippen LogP contribution in [0.15, 0.2) is 42.5 Å². The number of anilines is 1. The Balaban J connectivity index is 1.42. The average Bonchev–Trinajstić information content (AvgIpc) is 3.21. The number of aromatic nitrogens is 2. The van der Waals surface area contributed by atoms with Gasteiger partial charge in [-0.25, -0.2) is 4.79 Å². The van der Waals surface area contributed by atoms with Crippen LogP contribution < -0.4 is 5.32 Å². The summed E-state index contributed by atoms with van der Waals surface area (Å²) in [6, 6.07) is 13.3. The Bertz CT molecular complexity index is 1090. The highest BCUT2D eigenvalue weighted by Crippen LogP contribution is 2.35. The van der Waals surface area contributed by atoms with Crippen molar-refractivity contribution in [1.82, 2.24) is 20.0 Å². The Hall–Kier alpha value is -2.61. The average molecular weight is 456 g/mol. The van der Waals surface area contributed by atoms with E-state index in [0.717, 1.165) is 41.7 Å². The van der Waals surface area contributed by atoms with Gasteiger partial charge in [0.1, 0.15) is 0 Å². The van der Waals surface area contributed by atoms with Gasteiger partial charge in [-0.3, -0.25) is 15.3 Å². The molecule has 3 N–H and O–H groups in total. The van der Waals surface area contributed by atoms with Crippen LogP contribution in [0, 0.1) is 0 Å². The van der Waals surface area contributed by atoms with Crippen molar-refractivity contribution < 1.29 is 9.90 Å². The molecule has 1 aliphatic heterocycles. The third kappa shape index (κ3) is 4.60. The van der Waals surface area contributed by atoms with Crippen LogP contribution in [-0.4, -0.2) is 57.3 Å². The Labute approximate surface area is 193 Å². The topological polar surface area (TPSA) is 84.5 Å². The summed E-state index contributed by atoms with van der Waals surface area (Å²) in [7, 11) is 0. The molecule has 2 aromatic carbocycles. The van der Waals surface area contributed by atoms with E-state index in [1.54, 1.807) is 4.90 Å². The fourth-order valence-electron chi connectivity index (χ4n) is 4.28. The summed E-state index contributed by atoms with van der Waals surface area (Å²) >= 11 is 6.43. The van der Waals surface area contributed by atoms with E-state index in [9.17, 15) is 9.90 Å². The van der Waals surface area contributed by atoms with E-state index in [-0.39, 0.29) is 6.03 Å². The van der Waals surface area contributed by atoms with Crippen LogP contribution in [0.5, 0.6) is 0 Å². The summed E-state index contributed by atoms with van der Waals surface area (Å²) in [6.45, 7) is 7.80. The van der Waals surface area contributed by atoms with Crippen molar-refractivity contribution in [3.05, 3.63) is 58.6 Å². The second kappa shape index (κ2) is 9.48. The highest BCUT2D eigenvalue weighted by atomic mass is 35.5. The van der Waals surface area contributed by atoms with Gasteiger partial charge >= 0.3 is 6.03 Å². The number of aliphatic hydroxyl groups is 1. The largest absolute Gasteiger partial charge is 0.385 e. The van der Waals surface area contributed by atoms with Crippen molar-refractivity contribution in [2.45, 2.75) is 38.8 Å². The first-order chi connectivity index (χ1) is 15.4. The number of nitrogens with zero attached hydrogens (tertiary/aromatic N) is 3. The number of fused-ring (bicyclic) bond motifs is 1. The highest BCUT2D eigenvalue weighted by Gasteiger charge is 2.36. The zero-order chi connectivity index (χ0) is 22.7. The molecule has 1 aromatic heterocycles. The molecule has 3 aromatic rings. The Morgan fingerprint density at radius 1 is 1.22 bits per heavy atom. The van der Waals surface area contributed by atoms with Gasteiger partial charge < -0.3 is 10.0 Å². The predicted octanol–water partition coefficient (Wildman–Crippen LogP) is 4.57. The van der Waals surface area contributed by atoms with Gasteiger partial charge in [-0.15, -0.1) is 0 Å². The van der Waals surface area contributed by atoms with Crippen LogP contribution in [0.4, 0.5) is 10.6 Å². The van der Waals surface area contributed by atoms with Crippen LogP contribution in [-0.2, 0) is 12.1 Å². The van der Waals surface area contributed by atoms with Crippen molar-refractivity contribution in [3.63, 3.8) is 0 Å². The number of rotatable bonds is 6. The Morgan fingerprint density at radius 3 is 2.66 bits per heavy atom. The molecule has 1 fully saturated rings. The van der Waals surface area contributed by atoms with Gasteiger partial charge in [0, 0.05) is 30.0 Å². The van der Waals surface area contributed by atoms with Gasteiger partial charge in [-0.1, -0.05) is 49.7 Å². The van der Waals surface area contributed by atoms with E-state index >= 15 is 0 Å². The molecule has 0 radical (unpaired) electrons. The lowest BCUT2D eigenvalue weighted by Gasteiger charge is -2.38. The molecule has 0 bridgehead atoms. The smallest absolute Gasteiger partial charge is 0.323 e. The number of likely N-dealkylation sites (tertiary alicyclic amines) is 1. The molecule has 2 amide bonds. The van der Waals surface area contributed by atoms with E-state index in [0.29, 0.717) is 36.8 Å². The van der Waals surface area contributed by atoms with Gasteiger partial charge in [-0.2, -0.15) is 5.10 Å². The lowest BCUT2D eigenvalue weighted by Crippen LogP contribution is -2.46. The highest BCUT2D eigenvalue weighted by molar-refractivity contribution is 6.31. The second-order valence-corrected chi connectivity index (χ2v) is 8.74. The van der Waals surface area contributed by atoms with Crippen LogP contribution in [0.1, 0.15) is 37.8 Å². The van der Waals surface area contributed by atoms with Crippen LogP contribution in [0.3, 0.4) is 0 Å². The van der Waals surface area contributed by atoms with Gasteiger partial charge in [0.25, 0.3) is 0 Å². The fraction of sp³-hybridized carbons (Fsp3) is 0.417. The molecule has 2 heterocycles. The Kier molecular flexibility index (Phi) is 6.69. The van der Waals surface area contributed by atoms with Gasteiger partial charge in [0.05, 0.1) is 11.1 Å². The van der Waals surface area contributed by atoms with Gasteiger partial charge in [0.2, 0.25) is 0 Å². The van der Waals surface area contributed by atoms with Crippen molar-refractivity contribution in [1.29, 1.82) is 0 Å². The zero-order valence-electron chi connectivity index (χ0n) is 18.6.